The summed E-state index contributed by atoms with van der Waals surface area (Å²) >= 11 is 0. The number of carbonyl (C=O) groups excluding carboxylic acids is 1. The molecule has 0 aliphatic rings. The summed E-state index contributed by atoms with van der Waals surface area (Å²) in [4.78, 5) is 14.6. The van der Waals surface area contributed by atoms with Crippen molar-refractivity contribution >= 4 is 6.29 Å². The molecule has 0 aromatic carbocycles. The van der Waals surface area contributed by atoms with Gasteiger partial charge in [0.2, 0.25) is 5.88 Å². The van der Waals surface area contributed by atoms with E-state index in [1.807, 2.05) is 26.8 Å². The van der Waals surface area contributed by atoms with Crippen molar-refractivity contribution in [2.75, 3.05) is 0 Å². The van der Waals surface area contributed by atoms with E-state index in [0.717, 1.165) is 11.8 Å². The van der Waals surface area contributed by atoms with Crippen LogP contribution in [0.25, 0.3) is 0 Å². The first-order valence-corrected chi connectivity index (χ1v) is 4.71. The summed E-state index contributed by atoms with van der Waals surface area (Å²) in [6, 6.07) is 3.65. The Hall–Kier alpha value is -1.38. The number of hydrogen-bond donors (Lipinski definition) is 0. The molecule has 1 heterocycles. The number of hydrogen-bond acceptors (Lipinski definition) is 3. The first-order chi connectivity index (χ1) is 6.63. The largest absolute Gasteiger partial charge is 0.475 e. The molecule has 1 unspecified atom stereocenters. The first-order valence-electron chi connectivity index (χ1n) is 4.71. The molecule has 1 aromatic heterocycles. The predicted octanol–water partition coefficient (Wildman–Crippen LogP) is 2.17. The SMILES string of the molecule is CC(C)Oc1ccc(C(C)C=O)cn1. The molecule has 1 rings (SSSR count). The summed E-state index contributed by atoms with van der Waals surface area (Å²) in [5, 5.41) is 0. The highest BCUT2D eigenvalue weighted by molar-refractivity contribution is 5.60. The van der Waals surface area contributed by atoms with Crippen LogP contribution in [-0.4, -0.2) is 17.4 Å². The average molecular weight is 193 g/mol. The van der Waals surface area contributed by atoms with E-state index in [2.05, 4.69) is 4.98 Å². The Labute approximate surface area is 84.1 Å². The Kier molecular flexibility index (Phi) is 3.63. The van der Waals surface area contributed by atoms with Crippen LogP contribution in [0, 0.1) is 0 Å². The number of aldehydes is 1. The van der Waals surface area contributed by atoms with Gasteiger partial charge in [-0.25, -0.2) is 4.98 Å². The van der Waals surface area contributed by atoms with Crippen molar-refractivity contribution in [3.05, 3.63) is 23.9 Å². The minimum absolute atomic E-state index is 0.101. The minimum atomic E-state index is -0.101. The van der Waals surface area contributed by atoms with Gasteiger partial charge in [-0.05, 0) is 19.4 Å². The molecule has 76 valence electrons. The zero-order valence-corrected chi connectivity index (χ0v) is 8.73. The van der Waals surface area contributed by atoms with E-state index in [1.165, 1.54) is 0 Å². The first kappa shape index (κ1) is 10.7. The van der Waals surface area contributed by atoms with Crippen LogP contribution in [0.2, 0.25) is 0 Å². The molecule has 0 radical (unpaired) electrons. The predicted molar refractivity (Wildman–Crippen MR) is 54.5 cm³/mol. The molecule has 0 spiro atoms. The summed E-state index contributed by atoms with van der Waals surface area (Å²) in [6.45, 7) is 5.74. The van der Waals surface area contributed by atoms with Gasteiger partial charge < -0.3 is 9.53 Å². The Morgan fingerprint density at radius 2 is 2.07 bits per heavy atom. The van der Waals surface area contributed by atoms with Crippen molar-refractivity contribution in [1.82, 2.24) is 4.98 Å². The van der Waals surface area contributed by atoms with Crippen LogP contribution < -0.4 is 4.74 Å². The molecule has 0 saturated heterocycles. The van der Waals surface area contributed by atoms with Gasteiger partial charge in [0.05, 0.1) is 6.10 Å². The zero-order valence-electron chi connectivity index (χ0n) is 8.73. The van der Waals surface area contributed by atoms with E-state index in [-0.39, 0.29) is 12.0 Å². The molecule has 0 amide bonds. The lowest BCUT2D eigenvalue weighted by Crippen LogP contribution is -2.07. The molecule has 1 atom stereocenters. The number of aromatic nitrogens is 1. The fraction of sp³-hybridized carbons (Fsp3) is 0.455. The molecule has 14 heavy (non-hydrogen) atoms. The third-order valence-electron chi connectivity index (χ3n) is 1.85. The van der Waals surface area contributed by atoms with Gasteiger partial charge in [-0.15, -0.1) is 0 Å². The van der Waals surface area contributed by atoms with E-state index in [9.17, 15) is 4.79 Å². The lowest BCUT2D eigenvalue weighted by molar-refractivity contribution is -0.108. The summed E-state index contributed by atoms with van der Waals surface area (Å²) < 4.78 is 5.38. The molecular weight excluding hydrogens is 178 g/mol. The van der Waals surface area contributed by atoms with Crippen molar-refractivity contribution in [2.24, 2.45) is 0 Å². The zero-order chi connectivity index (χ0) is 10.6. The molecule has 0 bridgehead atoms. The highest BCUT2D eigenvalue weighted by Crippen LogP contribution is 2.15. The van der Waals surface area contributed by atoms with Gasteiger partial charge >= 0.3 is 0 Å². The smallest absolute Gasteiger partial charge is 0.213 e. The second-order valence-corrected chi connectivity index (χ2v) is 3.52. The van der Waals surface area contributed by atoms with E-state index in [0.29, 0.717) is 5.88 Å². The molecule has 1 aromatic rings. The lowest BCUT2D eigenvalue weighted by Gasteiger charge is -2.09. The molecule has 3 heteroatoms. The van der Waals surface area contributed by atoms with Crippen LogP contribution >= 0.6 is 0 Å². The van der Waals surface area contributed by atoms with Gasteiger partial charge in [-0.2, -0.15) is 0 Å². The van der Waals surface area contributed by atoms with Gasteiger partial charge in [0.1, 0.15) is 6.29 Å². The highest BCUT2D eigenvalue weighted by atomic mass is 16.5. The van der Waals surface area contributed by atoms with Gasteiger partial charge in [0.25, 0.3) is 0 Å². The molecule has 3 nitrogen and oxygen atoms in total. The molecule has 0 aliphatic carbocycles. The molecule has 0 N–H and O–H groups in total. The van der Waals surface area contributed by atoms with Crippen molar-refractivity contribution < 1.29 is 9.53 Å². The molecule has 0 saturated carbocycles. The maximum Gasteiger partial charge on any atom is 0.213 e. The standard InChI is InChI=1S/C11H15NO2/c1-8(2)14-11-5-4-10(6-12-11)9(3)7-13/h4-9H,1-3H3. The highest BCUT2D eigenvalue weighted by Gasteiger charge is 2.04. The quantitative estimate of drug-likeness (QED) is 0.688. The minimum Gasteiger partial charge on any atom is -0.475 e. The molecular formula is C11H15NO2. The lowest BCUT2D eigenvalue weighted by atomic mass is 10.1. The van der Waals surface area contributed by atoms with E-state index in [4.69, 9.17) is 4.74 Å². The van der Waals surface area contributed by atoms with Gasteiger partial charge in [0.15, 0.2) is 0 Å². The van der Waals surface area contributed by atoms with E-state index < -0.39 is 0 Å². The topological polar surface area (TPSA) is 39.2 Å². The third-order valence-corrected chi connectivity index (χ3v) is 1.85. The second-order valence-electron chi connectivity index (χ2n) is 3.52. The van der Waals surface area contributed by atoms with Crippen LogP contribution in [0.1, 0.15) is 32.3 Å². The van der Waals surface area contributed by atoms with E-state index in [1.54, 1.807) is 12.3 Å². The maximum absolute atomic E-state index is 10.5. The third kappa shape index (κ3) is 2.83. The van der Waals surface area contributed by atoms with Gasteiger partial charge in [0, 0.05) is 18.2 Å². The number of nitrogens with zero attached hydrogens (tertiary/aromatic N) is 1. The summed E-state index contributed by atoms with van der Waals surface area (Å²) in [7, 11) is 0. The summed E-state index contributed by atoms with van der Waals surface area (Å²) in [6.07, 6.45) is 2.70. The fourth-order valence-corrected chi connectivity index (χ4v) is 1.05. The van der Waals surface area contributed by atoms with Crippen molar-refractivity contribution in [3.8, 4) is 5.88 Å². The van der Waals surface area contributed by atoms with Crippen LogP contribution in [0.3, 0.4) is 0 Å². The Morgan fingerprint density at radius 3 is 2.50 bits per heavy atom. The number of pyridine rings is 1. The monoisotopic (exact) mass is 193 g/mol. The summed E-state index contributed by atoms with van der Waals surface area (Å²) in [5.74, 6) is 0.498. The number of carbonyl (C=O) groups is 1. The fourth-order valence-electron chi connectivity index (χ4n) is 1.05. The van der Waals surface area contributed by atoms with Crippen molar-refractivity contribution in [1.29, 1.82) is 0 Å². The second kappa shape index (κ2) is 4.74. The van der Waals surface area contributed by atoms with Crippen LogP contribution in [0.15, 0.2) is 18.3 Å². The van der Waals surface area contributed by atoms with Crippen molar-refractivity contribution in [3.63, 3.8) is 0 Å². The van der Waals surface area contributed by atoms with Crippen molar-refractivity contribution in [2.45, 2.75) is 32.8 Å². The average Bonchev–Trinajstić information content (AvgIpc) is 2.17. The molecule has 0 fully saturated rings. The van der Waals surface area contributed by atoms with Gasteiger partial charge in [-0.1, -0.05) is 13.0 Å². The maximum atomic E-state index is 10.5. The van der Waals surface area contributed by atoms with Gasteiger partial charge in [-0.3, -0.25) is 0 Å². The number of rotatable bonds is 4. The Balaban J connectivity index is 2.73. The number of ether oxygens (including phenoxy) is 1. The normalized spacial score (nSPS) is 12.6. The Morgan fingerprint density at radius 1 is 1.36 bits per heavy atom. The van der Waals surface area contributed by atoms with Crippen LogP contribution in [0.4, 0.5) is 0 Å². The van der Waals surface area contributed by atoms with Crippen LogP contribution in [-0.2, 0) is 4.79 Å². The van der Waals surface area contributed by atoms with Crippen LogP contribution in [0.5, 0.6) is 5.88 Å². The van der Waals surface area contributed by atoms with E-state index >= 15 is 0 Å². The molecule has 0 aliphatic heterocycles. The Bertz CT molecular complexity index is 293. The summed E-state index contributed by atoms with van der Waals surface area (Å²) in [5.41, 5.74) is 0.913.